The summed E-state index contributed by atoms with van der Waals surface area (Å²) >= 11 is 0. The highest BCUT2D eigenvalue weighted by atomic mass is 19.4. The Labute approximate surface area is 181 Å². The molecule has 8 nitrogen and oxygen atoms in total. The smallest absolute Gasteiger partial charge is 0.399 e. The number of nitrogens with zero attached hydrogens (tertiary/aromatic N) is 4. The fourth-order valence-corrected chi connectivity index (χ4v) is 3.69. The molecule has 0 saturated carbocycles. The molecule has 0 aliphatic carbocycles. The van der Waals surface area contributed by atoms with E-state index in [1.165, 1.54) is 16.8 Å². The maximum absolute atomic E-state index is 13.2. The first-order chi connectivity index (χ1) is 15.1. The molecule has 3 N–H and O–H groups in total. The maximum Gasteiger partial charge on any atom is 0.416 e. The van der Waals surface area contributed by atoms with Gasteiger partial charge in [0, 0.05) is 18.0 Å². The van der Waals surface area contributed by atoms with Crippen LogP contribution in [0.5, 0.6) is 0 Å². The van der Waals surface area contributed by atoms with E-state index in [0.717, 1.165) is 12.1 Å². The van der Waals surface area contributed by atoms with E-state index in [1.54, 1.807) is 20.0 Å². The number of pyridine rings is 1. The Morgan fingerprint density at radius 2 is 1.88 bits per heavy atom. The Balaban J connectivity index is 1.74. The summed E-state index contributed by atoms with van der Waals surface area (Å²) in [5.74, 6) is 0.845. The number of halogens is 3. The zero-order valence-corrected chi connectivity index (χ0v) is 17.6. The molecule has 1 aliphatic rings. The predicted octanol–water partition coefficient (Wildman–Crippen LogP) is 2.84. The summed E-state index contributed by atoms with van der Waals surface area (Å²) in [5.41, 5.74) is 5.50. The van der Waals surface area contributed by atoms with Crippen LogP contribution in [0.2, 0.25) is 0 Å². The van der Waals surface area contributed by atoms with Crippen LogP contribution in [0.15, 0.2) is 35.3 Å². The molecule has 0 spiro atoms. The lowest BCUT2D eigenvalue weighted by atomic mass is 10.0. The highest BCUT2D eigenvalue weighted by molar-refractivity contribution is 5.88. The fourth-order valence-electron chi connectivity index (χ4n) is 3.69. The molecule has 1 fully saturated rings. The molecule has 4 rings (SSSR count). The lowest BCUT2D eigenvalue weighted by Gasteiger charge is -2.30. The second-order valence-corrected chi connectivity index (χ2v) is 7.69. The van der Waals surface area contributed by atoms with Gasteiger partial charge in [0.1, 0.15) is 11.6 Å². The number of hydrogen-bond acceptors (Lipinski definition) is 7. The minimum absolute atomic E-state index is 0.0216. The maximum atomic E-state index is 13.2. The van der Waals surface area contributed by atoms with Crippen molar-refractivity contribution in [2.24, 2.45) is 0 Å². The molecule has 32 heavy (non-hydrogen) atoms. The van der Waals surface area contributed by atoms with Crippen LogP contribution in [0.25, 0.3) is 10.9 Å². The van der Waals surface area contributed by atoms with Gasteiger partial charge in [-0.3, -0.25) is 4.79 Å². The number of nitrogens with one attached hydrogen (secondary N) is 1. The molecule has 0 bridgehead atoms. The van der Waals surface area contributed by atoms with Crippen molar-refractivity contribution in [3.63, 3.8) is 0 Å². The van der Waals surface area contributed by atoms with Crippen LogP contribution < -0.4 is 21.6 Å². The molecule has 1 aliphatic heterocycles. The van der Waals surface area contributed by atoms with Crippen LogP contribution in [0.3, 0.4) is 0 Å². The van der Waals surface area contributed by atoms with E-state index in [4.69, 9.17) is 10.5 Å². The molecule has 11 heteroatoms. The van der Waals surface area contributed by atoms with Crippen molar-refractivity contribution in [3.05, 3.63) is 57.8 Å². The molecule has 1 saturated heterocycles. The summed E-state index contributed by atoms with van der Waals surface area (Å²) < 4.78 is 46.5. The standard InChI is InChI=1S/C21H23F3N6O2/c1-12(14-7-15(21(22,23)24)9-16(25)8-14)26-20-17-11-30(29-3-5-32-6-4-29)19(31)10-18(17)27-13(2)28-20/h7-12H,3-6,25H2,1-2H3,(H,26,27,28). The number of nitrogens with two attached hydrogens (primary N) is 1. The summed E-state index contributed by atoms with van der Waals surface area (Å²) in [6, 6.07) is 4.35. The number of aromatic nitrogens is 3. The van der Waals surface area contributed by atoms with Crippen LogP contribution in [0, 0.1) is 6.92 Å². The molecule has 1 unspecified atom stereocenters. The largest absolute Gasteiger partial charge is 0.416 e. The van der Waals surface area contributed by atoms with Crippen molar-refractivity contribution in [2.45, 2.75) is 26.1 Å². The second-order valence-electron chi connectivity index (χ2n) is 7.69. The number of fused-ring (bicyclic) bond motifs is 1. The number of nitrogen functional groups attached to an aromatic ring is 1. The highest BCUT2D eigenvalue weighted by Gasteiger charge is 2.31. The number of alkyl halides is 3. The number of morpholine rings is 1. The third kappa shape index (κ3) is 4.47. The van der Waals surface area contributed by atoms with Crippen molar-refractivity contribution < 1.29 is 17.9 Å². The molecule has 0 amide bonds. The van der Waals surface area contributed by atoms with Crippen molar-refractivity contribution in [3.8, 4) is 0 Å². The minimum Gasteiger partial charge on any atom is -0.399 e. The van der Waals surface area contributed by atoms with Crippen LogP contribution in [0.1, 0.15) is 29.9 Å². The Hall–Kier alpha value is -3.34. The van der Waals surface area contributed by atoms with Gasteiger partial charge in [0.2, 0.25) is 0 Å². The summed E-state index contributed by atoms with van der Waals surface area (Å²) in [4.78, 5) is 21.4. The number of aryl methyl sites for hydroxylation is 1. The zero-order chi connectivity index (χ0) is 23.0. The summed E-state index contributed by atoms with van der Waals surface area (Å²) in [5, 5.41) is 5.61. The van der Waals surface area contributed by atoms with Crippen molar-refractivity contribution in [1.82, 2.24) is 14.6 Å². The van der Waals surface area contributed by atoms with Gasteiger partial charge in [-0.05, 0) is 37.6 Å². The predicted molar refractivity (Wildman–Crippen MR) is 115 cm³/mol. The molecular weight excluding hydrogens is 425 g/mol. The van der Waals surface area contributed by atoms with Gasteiger partial charge >= 0.3 is 6.18 Å². The van der Waals surface area contributed by atoms with Gasteiger partial charge in [-0.1, -0.05) is 0 Å². The van der Waals surface area contributed by atoms with E-state index in [0.29, 0.717) is 54.4 Å². The highest BCUT2D eigenvalue weighted by Crippen LogP contribution is 2.33. The number of ether oxygens (including phenoxy) is 1. The normalized spacial score (nSPS) is 15.7. The monoisotopic (exact) mass is 448 g/mol. The molecule has 3 heterocycles. The van der Waals surface area contributed by atoms with E-state index < -0.39 is 17.8 Å². The third-order valence-corrected chi connectivity index (χ3v) is 5.27. The lowest BCUT2D eigenvalue weighted by molar-refractivity contribution is -0.137. The first-order valence-electron chi connectivity index (χ1n) is 10.1. The molecule has 3 aromatic rings. The molecule has 1 atom stereocenters. The molecule has 1 aromatic carbocycles. The van der Waals surface area contributed by atoms with Gasteiger partial charge in [-0.15, -0.1) is 0 Å². The van der Waals surface area contributed by atoms with E-state index in [2.05, 4.69) is 15.3 Å². The average Bonchev–Trinajstić information content (AvgIpc) is 2.72. The fraction of sp³-hybridized carbons (Fsp3) is 0.381. The molecule has 170 valence electrons. The second kappa shape index (κ2) is 8.30. The third-order valence-electron chi connectivity index (χ3n) is 5.27. The van der Waals surface area contributed by atoms with Crippen molar-refractivity contribution >= 4 is 22.4 Å². The lowest BCUT2D eigenvalue weighted by Crippen LogP contribution is -2.48. The first kappa shape index (κ1) is 21.9. The Morgan fingerprint density at radius 1 is 1.16 bits per heavy atom. The van der Waals surface area contributed by atoms with Crippen LogP contribution in [-0.2, 0) is 10.9 Å². The van der Waals surface area contributed by atoms with E-state index in [-0.39, 0.29) is 11.2 Å². The molecular formula is C21H23F3N6O2. The summed E-state index contributed by atoms with van der Waals surface area (Å²) in [6.07, 6.45) is -2.85. The molecule has 0 radical (unpaired) electrons. The number of rotatable bonds is 4. The van der Waals surface area contributed by atoms with Crippen LogP contribution >= 0.6 is 0 Å². The van der Waals surface area contributed by atoms with Crippen LogP contribution in [-0.4, -0.2) is 40.9 Å². The number of hydrogen-bond donors (Lipinski definition) is 2. The van der Waals surface area contributed by atoms with Crippen molar-refractivity contribution in [2.75, 3.05) is 42.4 Å². The van der Waals surface area contributed by atoms with Gasteiger partial charge < -0.3 is 20.8 Å². The minimum atomic E-state index is -4.50. The molecule has 2 aromatic heterocycles. The van der Waals surface area contributed by atoms with Gasteiger partial charge in [0.05, 0.1) is 48.8 Å². The summed E-state index contributed by atoms with van der Waals surface area (Å²) in [6.45, 7) is 5.53. The number of benzene rings is 1. The topological polar surface area (TPSA) is 98.3 Å². The Kier molecular flexibility index (Phi) is 5.68. The van der Waals surface area contributed by atoms with Crippen molar-refractivity contribution in [1.29, 1.82) is 0 Å². The van der Waals surface area contributed by atoms with Gasteiger partial charge in [0.15, 0.2) is 0 Å². The first-order valence-corrected chi connectivity index (χ1v) is 10.1. The zero-order valence-electron chi connectivity index (χ0n) is 17.6. The Morgan fingerprint density at radius 3 is 2.56 bits per heavy atom. The van der Waals surface area contributed by atoms with Gasteiger partial charge in [-0.25, -0.2) is 14.6 Å². The SMILES string of the molecule is Cc1nc(NC(C)c2cc(N)cc(C(F)(F)F)c2)c2cn(N3CCOCC3)c(=O)cc2n1. The number of anilines is 2. The average molecular weight is 448 g/mol. The van der Waals surface area contributed by atoms with Gasteiger partial charge in [0.25, 0.3) is 5.56 Å². The quantitative estimate of drug-likeness (QED) is 0.593. The van der Waals surface area contributed by atoms with E-state index in [1.807, 2.05) is 5.01 Å². The van der Waals surface area contributed by atoms with Crippen LogP contribution in [0.4, 0.5) is 24.7 Å². The Bertz CT molecular complexity index is 1200. The summed E-state index contributed by atoms with van der Waals surface area (Å²) in [7, 11) is 0. The van der Waals surface area contributed by atoms with Gasteiger partial charge in [-0.2, -0.15) is 13.2 Å². The van der Waals surface area contributed by atoms with E-state index in [9.17, 15) is 18.0 Å². The van der Waals surface area contributed by atoms with E-state index >= 15 is 0 Å².